The summed E-state index contributed by atoms with van der Waals surface area (Å²) in [5.74, 6) is -1.04. The maximum atomic E-state index is 13.6. The first-order valence-electron chi connectivity index (χ1n) is 12.6. The Morgan fingerprint density at radius 3 is 2.55 bits per heavy atom. The number of carboxylic acid groups (broad SMARTS) is 1. The van der Waals surface area contributed by atoms with Crippen LogP contribution in [0, 0.1) is 0 Å². The summed E-state index contributed by atoms with van der Waals surface area (Å²) in [7, 11) is 0. The quantitative estimate of drug-likeness (QED) is 0.243. The van der Waals surface area contributed by atoms with Crippen molar-refractivity contribution >= 4 is 47.1 Å². The number of esters is 1. The van der Waals surface area contributed by atoms with E-state index in [1.165, 1.54) is 6.07 Å². The highest BCUT2D eigenvalue weighted by atomic mass is 35.5. The molecule has 2 heterocycles. The highest BCUT2D eigenvalue weighted by Crippen LogP contribution is 2.46. The Morgan fingerprint density at radius 2 is 1.92 bits per heavy atom. The molecular weight excluding hydrogens is 531 g/mol. The monoisotopic (exact) mass is 556 g/mol. The number of halogens is 2. The molecule has 2 atom stereocenters. The number of piperidine rings is 1. The second-order valence-corrected chi connectivity index (χ2v) is 10.5. The number of hydrogen-bond acceptors (Lipinski definition) is 7. The number of aldehydes is 1. The highest BCUT2D eigenvalue weighted by Gasteiger charge is 2.38. The van der Waals surface area contributed by atoms with E-state index in [0.717, 1.165) is 24.9 Å². The largest absolute Gasteiger partial charge is 0.478 e. The predicted molar refractivity (Wildman–Crippen MR) is 143 cm³/mol. The number of aromatic carboxylic acids is 1. The van der Waals surface area contributed by atoms with Gasteiger partial charge in [0.25, 0.3) is 0 Å². The van der Waals surface area contributed by atoms with Gasteiger partial charge < -0.3 is 19.3 Å². The maximum Gasteiger partial charge on any atom is 0.344 e. The molecule has 5 rings (SSSR count). The number of ether oxygens (including phenoxy) is 1. The molecule has 0 amide bonds. The van der Waals surface area contributed by atoms with Crippen LogP contribution < -0.4 is 4.90 Å². The zero-order valence-electron chi connectivity index (χ0n) is 20.7. The van der Waals surface area contributed by atoms with Gasteiger partial charge in [0.1, 0.15) is 17.4 Å². The summed E-state index contributed by atoms with van der Waals surface area (Å²) < 4.78 is 11.6. The fourth-order valence-corrected chi connectivity index (χ4v) is 5.67. The summed E-state index contributed by atoms with van der Waals surface area (Å²) in [6.45, 7) is 2.61. The molecule has 2 fully saturated rings. The van der Waals surface area contributed by atoms with Gasteiger partial charge in [-0.2, -0.15) is 0 Å². The van der Waals surface area contributed by atoms with Gasteiger partial charge in [-0.15, -0.1) is 0 Å². The third kappa shape index (κ3) is 5.02. The molecule has 1 N–H and O–H groups in total. The van der Waals surface area contributed by atoms with E-state index in [4.69, 9.17) is 32.5 Å². The number of rotatable bonds is 8. The van der Waals surface area contributed by atoms with Gasteiger partial charge in [-0.05, 0) is 49.6 Å². The molecule has 198 valence electrons. The first-order chi connectivity index (χ1) is 18.3. The first kappa shape index (κ1) is 26.3. The van der Waals surface area contributed by atoms with E-state index in [9.17, 15) is 19.5 Å². The molecule has 2 aromatic carbocycles. The predicted octanol–water partition coefficient (Wildman–Crippen LogP) is 6.64. The third-order valence-electron chi connectivity index (χ3n) is 7.21. The van der Waals surface area contributed by atoms with Crippen molar-refractivity contribution in [2.45, 2.75) is 57.1 Å². The molecule has 10 heteroatoms. The minimum atomic E-state index is -1.15. The summed E-state index contributed by atoms with van der Waals surface area (Å²) >= 11 is 12.8. The molecule has 1 aliphatic carbocycles. The van der Waals surface area contributed by atoms with Gasteiger partial charge in [-0.1, -0.05) is 41.3 Å². The molecule has 1 aromatic heterocycles. The van der Waals surface area contributed by atoms with Gasteiger partial charge in [-0.3, -0.25) is 4.79 Å². The van der Waals surface area contributed by atoms with Crippen LogP contribution in [-0.4, -0.2) is 47.2 Å². The van der Waals surface area contributed by atoms with Gasteiger partial charge in [0, 0.05) is 48.2 Å². The number of nitrogens with zero attached hydrogens (tertiary/aromatic N) is 2. The first-order valence-corrected chi connectivity index (χ1v) is 13.3. The molecule has 0 radical (unpaired) electrons. The molecule has 1 saturated carbocycles. The Balaban J connectivity index is 1.37. The maximum absolute atomic E-state index is 13.6. The van der Waals surface area contributed by atoms with Crippen LogP contribution in [0.15, 0.2) is 40.9 Å². The summed E-state index contributed by atoms with van der Waals surface area (Å²) in [5.41, 5.74) is 1.86. The standard InChI is InChI=1S/C28H26Cl2N2O6/c1-2-17-13-19(10-11-32(17)18-8-9-20(27(34)35)16(12-18)14-33)37-28(36)24-25(31-38-26(24)15-6-7-15)23-21(29)4-3-5-22(23)30/h3-5,8-9,12,14-15,17,19H,2,6-7,10-11,13H2,1H3,(H,34,35)/t17-,19-/m1/s1. The number of carbonyl (C=O) groups is 3. The van der Waals surface area contributed by atoms with Crippen LogP contribution in [0.1, 0.15) is 81.8 Å². The van der Waals surface area contributed by atoms with E-state index in [-0.39, 0.29) is 40.4 Å². The number of anilines is 1. The summed E-state index contributed by atoms with van der Waals surface area (Å²) in [4.78, 5) is 38.6. The van der Waals surface area contributed by atoms with Gasteiger partial charge in [0.15, 0.2) is 12.0 Å². The average Bonchev–Trinajstić information content (AvgIpc) is 3.66. The second-order valence-electron chi connectivity index (χ2n) is 9.64. The third-order valence-corrected chi connectivity index (χ3v) is 7.84. The van der Waals surface area contributed by atoms with Crippen molar-refractivity contribution in [3.05, 3.63) is 68.9 Å². The zero-order valence-corrected chi connectivity index (χ0v) is 22.2. The van der Waals surface area contributed by atoms with E-state index in [2.05, 4.69) is 10.1 Å². The Hall–Kier alpha value is -3.36. The lowest BCUT2D eigenvalue weighted by atomic mass is 9.95. The molecule has 0 bridgehead atoms. The summed E-state index contributed by atoms with van der Waals surface area (Å²) in [6, 6.07) is 9.88. The molecule has 0 unspecified atom stereocenters. The molecule has 38 heavy (non-hydrogen) atoms. The zero-order chi connectivity index (χ0) is 27.0. The number of carboxylic acids is 1. The summed E-state index contributed by atoms with van der Waals surface area (Å²) in [5, 5.41) is 14.2. The summed E-state index contributed by atoms with van der Waals surface area (Å²) in [6.07, 6.45) is 3.94. The molecular formula is C28H26Cl2N2O6. The van der Waals surface area contributed by atoms with Crippen molar-refractivity contribution in [1.29, 1.82) is 0 Å². The topological polar surface area (TPSA) is 110 Å². The molecule has 3 aromatic rings. The van der Waals surface area contributed by atoms with Crippen LogP contribution in [0.2, 0.25) is 10.0 Å². The number of aromatic nitrogens is 1. The number of hydrogen-bond donors (Lipinski definition) is 1. The fraction of sp³-hybridized carbons (Fsp3) is 0.357. The van der Waals surface area contributed by atoms with Gasteiger partial charge in [0.05, 0.1) is 15.6 Å². The molecule has 8 nitrogen and oxygen atoms in total. The van der Waals surface area contributed by atoms with Crippen LogP contribution in [0.5, 0.6) is 0 Å². The van der Waals surface area contributed by atoms with E-state index < -0.39 is 11.9 Å². The van der Waals surface area contributed by atoms with Crippen LogP contribution in [-0.2, 0) is 4.74 Å². The normalized spacial score (nSPS) is 19.3. The van der Waals surface area contributed by atoms with E-state index in [1.807, 2.05) is 6.92 Å². The fourth-order valence-electron chi connectivity index (χ4n) is 5.10. The Kier molecular flexibility index (Phi) is 7.45. The SMILES string of the molecule is CC[C@@H]1C[C@H](OC(=O)c2c(-c3c(Cl)cccc3Cl)noc2C2CC2)CCN1c1ccc(C(=O)O)c(C=O)c1. The second kappa shape index (κ2) is 10.8. The lowest BCUT2D eigenvalue weighted by Crippen LogP contribution is -2.45. The van der Waals surface area contributed by atoms with Crippen molar-refractivity contribution < 1.29 is 28.8 Å². The molecule has 0 spiro atoms. The van der Waals surface area contributed by atoms with Crippen LogP contribution >= 0.6 is 23.2 Å². The molecule has 2 aliphatic rings. The van der Waals surface area contributed by atoms with Gasteiger partial charge >= 0.3 is 11.9 Å². The lowest BCUT2D eigenvalue weighted by Gasteiger charge is -2.40. The minimum Gasteiger partial charge on any atom is -0.478 e. The van der Waals surface area contributed by atoms with Gasteiger partial charge in [-0.25, -0.2) is 9.59 Å². The Labute approximate surface area is 229 Å². The van der Waals surface area contributed by atoms with Crippen molar-refractivity contribution in [2.75, 3.05) is 11.4 Å². The van der Waals surface area contributed by atoms with Crippen LogP contribution in [0.4, 0.5) is 5.69 Å². The highest BCUT2D eigenvalue weighted by molar-refractivity contribution is 6.39. The van der Waals surface area contributed by atoms with E-state index in [1.54, 1.807) is 30.3 Å². The van der Waals surface area contributed by atoms with Gasteiger partial charge in [0.2, 0.25) is 0 Å². The Morgan fingerprint density at radius 1 is 1.18 bits per heavy atom. The number of carbonyl (C=O) groups excluding carboxylic acids is 2. The molecule has 1 saturated heterocycles. The van der Waals surface area contributed by atoms with Crippen molar-refractivity contribution in [1.82, 2.24) is 5.16 Å². The van der Waals surface area contributed by atoms with Crippen molar-refractivity contribution in [2.24, 2.45) is 0 Å². The number of benzene rings is 2. The minimum absolute atomic E-state index is 0.0274. The lowest BCUT2D eigenvalue weighted by molar-refractivity contribution is 0.0206. The van der Waals surface area contributed by atoms with Crippen LogP contribution in [0.3, 0.4) is 0 Å². The Bertz CT molecular complexity index is 1380. The van der Waals surface area contributed by atoms with E-state index in [0.29, 0.717) is 47.0 Å². The van der Waals surface area contributed by atoms with E-state index >= 15 is 0 Å². The van der Waals surface area contributed by atoms with Crippen molar-refractivity contribution in [3.8, 4) is 11.3 Å². The van der Waals surface area contributed by atoms with Crippen molar-refractivity contribution in [3.63, 3.8) is 0 Å². The average molecular weight is 557 g/mol. The smallest absolute Gasteiger partial charge is 0.344 e. The molecule has 1 aliphatic heterocycles. The van der Waals surface area contributed by atoms with Crippen LogP contribution in [0.25, 0.3) is 11.3 Å².